The third-order valence-corrected chi connectivity index (χ3v) is 3.91. The molecule has 1 amide bonds. The fourth-order valence-corrected chi connectivity index (χ4v) is 2.63. The normalized spacial score (nSPS) is 21.0. The molecule has 1 heterocycles. The van der Waals surface area contributed by atoms with Crippen LogP contribution in [0.5, 0.6) is 5.75 Å². The molecule has 104 valence electrons. The van der Waals surface area contributed by atoms with E-state index in [2.05, 4.69) is 15.9 Å². The van der Waals surface area contributed by atoms with Gasteiger partial charge in [-0.2, -0.15) is 0 Å². The van der Waals surface area contributed by atoms with Crippen LogP contribution in [0.1, 0.15) is 19.8 Å². The van der Waals surface area contributed by atoms with E-state index in [1.54, 1.807) is 11.8 Å². The predicted octanol–water partition coefficient (Wildman–Crippen LogP) is 2.17. The molecule has 1 aliphatic rings. The molecule has 1 saturated heterocycles. The maximum atomic E-state index is 12.3. The van der Waals surface area contributed by atoms with E-state index in [-0.39, 0.29) is 11.9 Å². The van der Waals surface area contributed by atoms with Gasteiger partial charge >= 0.3 is 0 Å². The fraction of sp³-hybridized carbons (Fsp3) is 0.500. The Hall–Kier alpha value is -1.07. The molecular weight excluding hydrogens is 308 g/mol. The molecule has 0 unspecified atom stereocenters. The van der Waals surface area contributed by atoms with E-state index in [1.165, 1.54) is 0 Å². The minimum Gasteiger partial charge on any atom is -0.480 e. The van der Waals surface area contributed by atoms with Crippen molar-refractivity contribution in [3.63, 3.8) is 0 Å². The van der Waals surface area contributed by atoms with E-state index in [1.807, 2.05) is 24.3 Å². The molecular formula is C14H19BrN2O2. The monoisotopic (exact) mass is 326 g/mol. The molecule has 0 spiro atoms. The van der Waals surface area contributed by atoms with E-state index in [4.69, 9.17) is 10.5 Å². The molecule has 1 aromatic rings. The zero-order valence-electron chi connectivity index (χ0n) is 11.0. The summed E-state index contributed by atoms with van der Waals surface area (Å²) < 4.78 is 6.57. The molecule has 2 atom stereocenters. The lowest BCUT2D eigenvalue weighted by molar-refractivity contribution is -0.139. The molecule has 0 radical (unpaired) electrons. The van der Waals surface area contributed by atoms with Crippen molar-refractivity contribution in [1.29, 1.82) is 0 Å². The number of halogens is 1. The van der Waals surface area contributed by atoms with Crippen LogP contribution in [0.3, 0.4) is 0 Å². The van der Waals surface area contributed by atoms with Gasteiger partial charge in [0.2, 0.25) is 0 Å². The van der Waals surface area contributed by atoms with Crippen molar-refractivity contribution < 1.29 is 9.53 Å². The van der Waals surface area contributed by atoms with Gasteiger partial charge in [0.05, 0.1) is 4.47 Å². The molecule has 2 N–H and O–H groups in total. The Bertz CT molecular complexity index is 453. The lowest BCUT2D eigenvalue weighted by atomic mass is 10.1. The highest BCUT2D eigenvalue weighted by Crippen LogP contribution is 2.25. The molecule has 1 aliphatic heterocycles. The molecule has 0 bridgehead atoms. The summed E-state index contributed by atoms with van der Waals surface area (Å²) in [6.45, 7) is 3.18. The summed E-state index contributed by atoms with van der Waals surface area (Å²) in [5, 5.41) is 0. The summed E-state index contributed by atoms with van der Waals surface area (Å²) in [6, 6.07) is 7.62. The molecule has 5 heteroatoms. The number of carbonyl (C=O) groups is 1. The number of likely N-dealkylation sites (tertiary alicyclic amines) is 1. The lowest BCUT2D eigenvalue weighted by Gasteiger charge is -2.32. The average Bonchev–Trinajstić information content (AvgIpc) is 2.40. The van der Waals surface area contributed by atoms with Crippen LogP contribution in [0.4, 0.5) is 0 Å². The van der Waals surface area contributed by atoms with Crippen LogP contribution in [0.25, 0.3) is 0 Å². The highest BCUT2D eigenvalue weighted by molar-refractivity contribution is 9.10. The maximum absolute atomic E-state index is 12.3. The Morgan fingerprint density at radius 2 is 2.26 bits per heavy atom. The third kappa shape index (κ3) is 3.70. The highest BCUT2D eigenvalue weighted by Gasteiger charge is 2.26. The third-order valence-electron chi connectivity index (χ3n) is 3.26. The number of piperidine rings is 1. The van der Waals surface area contributed by atoms with Crippen molar-refractivity contribution in [2.75, 3.05) is 13.1 Å². The molecule has 2 rings (SSSR count). The van der Waals surface area contributed by atoms with Crippen molar-refractivity contribution in [3.8, 4) is 5.75 Å². The summed E-state index contributed by atoms with van der Waals surface area (Å²) in [5.41, 5.74) is 5.90. The van der Waals surface area contributed by atoms with Gasteiger partial charge in [0.1, 0.15) is 5.75 Å². The van der Waals surface area contributed by atoms with Crippen LogP contribution in [0.15, 0.2) is 28.7 Å². The number of nitrogens with two attached hydrogens (primary N) is 1. The molecule has 1 aromatic carbocycles. The largest absolute Gasteiger partial charge is 0.480 e. The summed E-state index contributed by atoms with van der Waals surface area (Å²) in [6.07, 6.45) is 1.46. The zero-order valence-corrected chi connectivity index (χ0v) is 12.6. The number of hydrogen-bond donors (Lipinski definition) is 1. The van der Waals surface area contributed by atoms with E-state index in [0.717, 1.165) is 23.9 Å². The van der Waals surface area contributed by atoms with Gasteiger partial charge in [-0.1, -0.05) is 12.1 Å². The van der Waals surface area contributed by atoms with Crippen LogP contribution in [-0.2, 0) is 4.79 Å². The second-order valence-electron chi connectivity index (χ2n) is 4.88. The zero-order chi connectivity index (χ0) is 13.8. The minimum atomic E-state index is -0.496. The first kappa shape index (κ1) is 14.3. The number of ether oxygens (including phenoxy) is 1. The van der Waals surface area contributed by atoms with Crippen molar-refractivity contribution in [2.45, 2.75) is 31.9 Å². The fourth-order valence-electron chi connectivity index (χ4n) is 2.25. The SMILES string of the molecule is C[C@@H](Oc1ccccc1Br)C(=O)N1CCC[C@H](N)C1. The number of hydrogen-bond acceptors (Lipinski definition) is 3. The maximum Gasteiger partial charge on any atom is 0.263 e. The molecule has 19 heavy (non-hydrogen) atoms. The topological polar surface area (TPSA) is 55.6 Å². The number of carbonyl (C=O) groups excluding carboxylic acids is 1. The summed E-state index contributed by atoms with van der Waals surface area (Å²) in [5.74, 6) is 0.690. The molecule has 4 nitrogen and oxygen atoms in total. The van der Waals surface area contributed by atoms with Crippen molar-refractivity contribution in [2.24, 2.45) is 5.73 Å². The van der Waals surface area contributed by atoms with Gasteiger partial charge in [0.15, 0.2) is 6.10 Å². The number of amides is 1. The van der Waals surface area contributed by atoms with Gasteiger partial charge in [-0.05, 0) is 47.8 Å². The van der Waals surface area contributed by atoms with Gasteiger partial charge in [0, 0.05) is 19.1 Å². The molecule has 0 saturated carbocycles. The summed E-state index contributed by atoms with van der Waals surface area (Å²) in [7, 11) is 0. The van der Waals surface area contributed by atoms with Crippen molar-refractivity contribution in [3.05, 3.63) is 28.7 Å². The first-order valence-corrected chi connectivity index (χ1v) is 7.33. The minimum absolute atomic E-state index is 0.00547. The first-order chi connectivity index (χ1) is 9.08. The number of nitrogens with zero attached hydrogens (tertiary/aromatic N) is 1. The van der Waals surface area contributed by atoms with Crippen LogP contribution in [0.2, 0.25) is 0 Å². The number of rotatable bonds is 3. The Labute approximate surface area is 122 Å². The van der Waals surface area contributed by atoms with Crippen molar-refractivity contribution >= 4 is 21.8 Å². The van der Waals surface area contributed by atoms with Gasteiger partial charge in [0.25, 0.3) is 5.91 Å². The molecule has 1 fully saturated rings. The average molecular weight is 327 g/mol. The Morgan fingerprint density at radius 1 is 1.53 bits per heavy atom. The molecule has 0 aromatic heterocycles. The van der Waals surface area contributed by atoms with Crippen LogP contribution >= 0.6 is 15.9 Å². The second kappa shape index (κ2) is 6.39. The lowest BCUT2D eigenvalue weighted by Crippen LogP contribution is -2.49. The van der Waals surface area contributed by atoms with Gasteiger partial charge in [-0.3, -0.25) is 4.79 Å². The standard InChI is InChI=1S/C14H19BrN2O2/c1-10(19-13-7-3-2-6-12(13)15)14(18)17-8-4-5-11(16)9-17/h2-3,6-7,10-11H,4-5,8-9,16H2,1H3/t10-,11+/m1/s1. The second-order valence-corrected chi connectivity index (χ2v) is 5.73. The predicted molar refractivity (Wildman–Crippen MR) is 78.0 cm³/mol. The highest BCUT2D eigenvalue weighted by atomic mass is 79.9. The molecule has 0 aliphatic carbocycles. The number of para-hydroxylation sites is 1. The van der Waals surface area contributed by atoms with Gasteiger partial charge in [-0.25, -0.2) is 0 Å². The Morgan fingerprint density at radius 3 is 2.95 bits per heavy atom. The van der Waals surface area contributed by atoms with Crippen LogP contribution in [0, 0.1) is 0 Å². The van der Waals surface area contributed by atoms with Crippen LogP contribution < -0.4 is 10.5 Å². The number of benzene rings is 1. The summed E-state index contributed by atoms with van der Waals surface area (Å²) >= 11 is 3.41. The van der Waals surface area contributed by atoms with E-state index < -0.39 is 6.10 Å². The smallest absolute Gasteiger partial charge is 0.263 e. The Kier molecular flexibility index (Phi) is 4.82. The van der Waals surface area contributed by atoms with E-state index in [9.17, 15) is 4.79 Å². The summed E-state index contributed by atoms with van der Waals surface area (Å²) in [4.78, 5) is 14.1. The van der Waals surface area contributed by atoms with Gasteiger partial charge < -0.3 is 15.4 Å². The van der Waals surface area contributed by atoms with Gasteiger partial charge in [-0.15, -0.1) is 0 Å². The van der Waals surface area contributed by atoms with Crippen molar-refractivity contribution in [1.82, 2.24) is 4.90 Å². The quantitative estimate of drug-likeness (QED) is 0.926. The van der Waals surface area contributed by atoms with E-state index in [0.29, 0.717) is 12.3 Å². The van der Waals surface area contributed by atoms with E-state index >= 15 is 0 Å². The van der Waals surface area contributed by atoms with Crippen LogP contribution in [-0.4, -0.2) is 36.0 Å². The first-order valence-electron chi connectivity index (χ1n) is 6.53. The Balaban J connectivity index is 1.97.